The van der Waals surface area contributed by atoms with Gasteiger partial charge in [-0.2, -0.15) is 0 Å². The van der Waals surface area contributed by atoms with Crippen molar-refractivity contribution < 1.29 is 14.6 Å². The van der Waals surface area contributed by atoms with Crippen LogP contribution in [0, 0.1) is 0 Å². The first-order chi connectivity index (χ1) is 11.7. The summed E-state index contributed by atoms with van der Waals surface area (Å²) in [5.74, 6) is 0.229. The molecule has 0 radical (unpaired) electrons. The molecule has 1 aliphatic carbocycles. The maximum Gasteiger partial charge on any atom is 0.251 e. The quantitative estimate of drug-likeness (QED) is 0.913. The lowest BCUT2D eigenvalue weighted by atomic mass is 9.96. The van der Waals surface area contributed by atoms with Crippen molar-refractivity contribution in [2.75, 3.05) is 13.2 Å². The van der Waals surface area contributed by atoms with Crippen molar-refractivity contribution in [2.45, 2.75) is 30.9 Å². The van der Waals surface area contributed by atoms with Gasteiger partial charge in [0.2, 0.25) is 0 Å². The minimum absolute atomic E-state index is 0.142. The van der Waals surface area contributed by atoms with Crippen LogP contribution in [0.1, 0.15) is 45.4 Å². The molecule has 2 aliphatic rings. The summed E-state index contributed by atoms with van der Waals surface area (Å²) in [6, 6.07) is 15.3. The number of rotatable bonds is 3. The van der Waals surface area contributed by atoms with Crippen LogP contribution < -0.4 is 5.32 Å². The summed E-state index contributed by atoms with van der Waals surface area (Å²) in [5.41, 5.74) is 3.90. The van der Waals surface area contributed by atoms with Crippen LogP contribution >= 0.6 is 0 Å². The van der Waals surface area contributed by atoms with Crippen LogP contribution in [-0.2, 0) is 11.2 Å². The molecule has 0 bridgehead atoms. The van der Waals surface area contributed by atoms with E-state index >= 15 is 0 Å². The van der Waals surface area contributed by atoms with Gasteiger partial charge < -0.3 is 15.2 Å². The molecule has 1 amide bonds. The van der Waals surface area contributed by atoms with Crippen LogP contribution in [0.15, 0.2) is 48.5 Å². The maximum absolute atomic E-state index is 12.7. The van der Waals surface area contributed by atoms with Crippen LogP contribution in [0.3, 0.4) is 0 Å². The zero-order valence-electron chi connectivity index (χ0n) is 13.4. The van der Waals surface area contributed by atoms with Gasteiger partial charge in [0.1, 0.15) is 0 Å². The second-order valence-corrected chi connectivity index (χ2v) is 6.61. The Kier molecular flexibility index (Phi) is 4.08. The molecule has 0 saturated carbocycles. The number of nitrogens with one attached hydrogen (secondary N) is 1. The molecule has 124 valence electrons. The van der Waals surface area contributed by atoms with E-state index in [2.05, 4.69) is 11.4 Å². The summed E-state index contributed by atoms with van der Waals surface area (Å²) in [6.45, 7) is 1.51. The van der Waals surface area contributed by atoms with E-state index in [0.29, 0.717) is 17.9 Å². The summed E-state index contributed by atoms with van der Waals surface area (Å²) in [6.07, 6.45) is 1.01. The molecule has 1 saturated heterocycles. The number of carbonyl (C=O) groups excluding carboxylic acids is 1. The second-order valence-electron chi connectivity index (χ2n) is 6.61. The van der Waals surface area contributed by atoms with E-state index in [1.807, 2.05) is 42.5 Å². The molecule has 2 aromatic carbocycles. The molecule has 0 spiro atoms. The Labute approximate surface area is 141 Å². The first-order valence-electron chi connectivity index (χ1n) is 8.47. The Morgan fingerprint density at radius 2 is 2.04 bits per heavy atom. The largest absolute Gasteiger partial charge is 0.390 e. The van der Waals surface area contributed by atoms with E-state index in [-0.39, 0.29) is 11.9 Å². The van der Waals surface area contributed by atoms with E-state index in [1.54, 1.807) is 0 Å². The van der Waals surface area contributed by atoms with E-state index in [1.165, 1.54) is 0 Å². The van der Waals surface area contributed by atoms with Crippen molar-refractivity contribution in [2.24, 2.45) is 0 Å². The van der Waals surface area contributed by atoms with Gasteiger partial charge in [0.25, 0.3) is 5.91 Å². The predicted octanol–water partition coefficient (Wildman–Crippen LogP) is 2.58. The fourth-order valence-electron chi connectivity index (χ4n) is 3.70. The minimum atomic E-state index is -0.572. The highest BCUT2D eigenvalue weighted by Gasteiger charge is 2.32. The van der Waals surface area contributed by atoms with Crippen LogP contribution in [-0.4, -0.2) is 30.3 Å². The Morgan fingerprint density at radius 3 is 2.88 bits per heavy atom. The highest BCUT2D eigenvalue weighted by atomic mass is 16.5. The van der Waals surface area contributed by atoms with Gasteiger partial charge in [0.15, 0.2) is 0 Å². The summed E-state index contributed by atoms with van der Waals surface area (Å²) >= 11 is 0. The summed E-state index contributed by atoms with van der Waals surface area (Å²) in [5, 5.41) is 13.3. The molecule has 1 fully saturated rings. The normalized spacial score (nSPS) is 25.5. The topological polar surface area (TPSA) is 58.6 Å². The average molecular weight is 323 g/mol. The lowest BCUT2D eigenvalue weighted by Crippen LogP contribution is -2.33. The lowest BCUT2D eigenvalue weighted by Gasteiger charge is -2.18. The number of hydrogen-bond acceptors (Lipinski definition) is 3. The summed E-state index contributed by atoms with van der Waals surface area (Å²) in [4.78, 5) is 12.7. The van der Waals surface area contributed by atoms with E-state index in [4.69, 9.17) is 4.74 Å². The smallest absolute Gasteiger partial charge is 0.251 e. The van der Waals surface area contributed by atoms with Crippen molar-refractivity contribution in [1.29, 1.82) is 0 Å². The Balaban J connectivity index is 1.53. The SMILES string of the molecule is O=C(N[C@@H]1c2ccccc2C[C@@H]1O)c1cccc(C2CCOC2)c1. The number of aliphatic hydroxyl groups excluding tert-OH is 1. The molecular weight excluding hydrogens is 302 g/mol. The van der Waals surface area contributed by atoms with Gasteiger partial charge in [0.05, 0.1) is 18.8 Å². The highest BCUT2D eigenvalue weighted by molar-refractivity contribution is 5.94. The van der Waals surface area contributed by atoms with Crippen LogP contribution in [0.2, 0.25) is 0 Å². The zero-order valence-corrected chi connectivity index (χ0v) is 13.4. The molecule has 1 unspecified atom stereocenters. The molecule has 1 aliphatic heterocycles. The van der Waals surface area contributed by atoms with E-state index in [9.17, 15) is 9.90 Å². The Bertz CT molecular complexity index is 752. The number of aliphatic hydroxyl groups is 1. The number of ether oxygens (including phenoxy) is 1. The lowest BCUT2D eigenvalue weighted by molar-refractivity contribution is 0.0858. The monoisotopic (exact) mass is 323 g/mol. The third-order valence-electron chi connectivity index (χ3n) is 5.04. The fourth-order valence-corrected chi connectivity index (χ4v) is 3.70. The molecule has 24 heavy (non-hydrogen) atoms. The molecular formula is C20H21NO3. The van der Waals surface area contributed by atoms with Crippen molar-refractivity contribution >= 4 is 5.91 Å². The first kappa shape index (κ1) is 15.4. The maximum atomic E-state index is 12.7. The Hall–Kier alpha value is -2.17. The average Bonchev–Trinajstić information content (AvgIpc) is 3.24. The Morgan fingerprint density at radius 1 is 1.17 bits per heavy atom. The molecule has 2 aromatic rings. The molecule has 1 heterocycles. The number of amides is 1. The fraction of sp³-hybridized carbons (Fsp3) is 0.350. The molecule has 0 aromatic heterocycles. The number of hydrogen-bond donors (Lipinski definition) is 2. The van der Waals surface area contributed by atoms with E-state index in [0.717, 1.165) is 36.3 Å². The summed E-state index contributed by atoms with van der Waals surface area (Å²) in [7, 11) is 0. The van der Waals surface area contributed by atoms with Gasteiger partial charge in [0, 0.05) is 24.5 Å². The van der Waals surface area contributed by atoms with Crippen molar-refractivity contribution in [3.05, 3.63) is 70.8 Å². The van der Waals surface area contributed by atoms with Gasteiger partial charge in [-0.15, -0.1) is 0 Å². The number of benzene rings is 2. The molecule has 4 rings (SSSR count). The van der Waals surface area contributed by atoms with Crippen LogP contribution in [0.5, 0.6) is 0 Å². The molecule has 4 nitrogen and oxygen atoms in total. The minimum Gasteiger partial charge on any atom is -0.390 e. The highest BCUT2D eigenvalue weighted by Crippen LogP contribution is 2.31. The molecule has 3 atom stereocenters. The van der Waals surface area contributed by atoms with Crippen molar-refractivity contribution in [3.63, 3.8) is 0 Å². The van der Waals surface area contributed by atoms with Gasteiger partial charge >= 0.3 is 0 Å². The number of carbonyl (C=O) groups is 1. The predicted molar refractivity (Wildman–Crippen MR) is 91.0 cm³/mol. The third-order valence-corrected chi connectivity index (χ3v) is 5.04. The van der Waals surface area contributed by atoms with E-state index < -0.39 is 6.10 Å². The zero-order chi connectivity index (χ0) is 16.5. The van der Waals surface area contributed by atoms with Gasteiger partial charge in [-0.25, -0.2) is 0 Å². The molecule has 2 N–H and O–H groups in total. The summed E-state index contributed by atoms with van der Waals surface area (Å²) < 4.78 is 5.44. The molecule has 4 heteroatoms. The van der Waals surface area contributed by atoms with Crippen LogP contribution in [0.4, 0.5) is 0 Å². The standard InChI is InChI=1S/C20H21NO3/c22-18-11-14-4-1-2-7-17(14)19(18)21-20(23)15-6-3-5-13(10-15)16-8-9-24-12-16/h1-7,10,16,18-19,22H,8-9,11-12H2,(H,21,23)/t16?,18-,19+/m0/s1. The van der Waals surface area contributed by atoms with Crippen molar-refractivity contribution in [1.82, 2.24) is 5.32 Å². The number of fused-ring (bicyclic) bond motifs is 1. The van der Waals surface area contributed by atoms with Gasteiger partial charge in [-0.3, -0.25) is 4.79 Å². The first-order valence-corrected chi connectivity index (χ1v) is 8.47. The second kappa shape index (κ2) is 6.38. The van der Waals surface area contributed by atoms with Gasteiger partial charge in [-0.05, 0) is 35.2 Å². The van der Waals surface area contributed by atoms with Crippen molar-refractivity contribution in [3.8, 4) is 0 Å². The third kappa shape index (κ3) is 2.83. The van der Waals surface area contributed by atoms with Gasteiger partial charge in [-0.1, -0.05) is 36.4 Å². The van der Waals surface area contributed by atoms with Crippen LogP contribution in [0.25, 0.3) is 0 Å².